The van der Waals surface area contributed by atoms with Gasteiger partial charge in [0.2, 0.25) is 6.79 Å². The molecule has 6 rings (SSSR count). The van der Waals surface area contributed by atoms with Gasteiger partial charge in [-0.3, -0.25) is 29.4 Å². The first kappa shape index (κ1) is 22.1. The molecular weight excluding hydrogens is 490 g/mol. The molecular formula is C25H16ClN3O7. The third-order valence-corrected chi connectivity index (χ3v) is 6.85. The van der Waals surface area contributed by atoms with Gasteiger partial charge in [0.15, 0.2) is 11.5 Å². The van der Waals surface area contributed by atoms with E-state index in [9.17, 15) is 24.5 Å². The Balaban J connectivity index is 1.45. The second-order valence-corrected chi connectivity index (χ2v) is 9.05. The summed E-state index contributed by atoms with van der Waals surface area (Å²) in [7, 11) is 0. The Labute approximate surface area is 208 Å². The van der Waals surface area contributed by atoms with Crippen LogP contribution in [0, 0.1) is 17.0 Å². The average Bonchev–Trinajstić information content (AvgIpc) is 3.41. The van der Waals surface area contributed by atoms with Crippen molar-refractivity contribution in [2.75, 3.05) is 11.7 Å². The van der Waals surface area contributed by atoms with Crippen molar-refractivity contribution in [3.8, 4) is 11.5 Å². The van der Waals surface area contributed by atoms with E-state index in [-0.39, 0.29) is 23.6 Å². The van der Waals surface area contributed by atoms with E-state index < -0.39 is 34.7 Å². The number of non-ortho nitro benzene ring substituents is 1. The molecule has 0 aromatic heterocycles. The maximum atomic E-state index is 13.6. The highest BCUT2D eigenvalue weighted by Crippen LogP contribution is 2.47. The Kier molecular flexibility index (Phi) is 4.77. The summed E-state index contributed by atoms with van der Waals surface area (Å²) in [5.41, 5.74) is 1.54. The number of nitro benzene ring substituents is 1. The summed E-state index contributed by atoms with van der Waals surface area (Å²) in [6, 6.07) is 11.8. The van der Waals surface area contributed by atoms with E-state index >= 15 is 0 Å². The molecule has 3 aromatic carbocycles. The van der Waals surface area contributed by atoms with Crippen LogP contribution in [0.3, 0.4) is 0 Å². The van der Waals surface area contributed by atoms with Crippen LogP contribution in [-0.2, 0) is 4.79 Å². The Morgan fingerprint density at radius 2 is 1.64 bits per heavy atom. The average molecular weight is 506 g/mol. The molecule has 3 aliphatic heterocycles. The number of imide groups is 1. The van der Waals surface area contributed by atoms with E-state index in [0.29, 0.717) is 27.8 Å². The minimum absolute atomic E-state index is 0.0176. The lowest BCUT2D eigenvalue weighted by Gasteiger charge is -2.50. The first-order chi connectivity index (χ1) is 17.3. The van der Waals surface area contributed by atoms with Crippen molar-refractivity contribution in [2.45, 2.75) is 19.0 Å². The van der Waals surface area contributed by atoms with E-state index in [2.05, 4.69) is 0 Å². The zero-order chi connectivity index (χ0) is 25.3. The quantitative estimate of drug-likeness (QED) is 0.227. The molecule has 1 saturated heterocycles. The van der Waals surface area contributed by atoms with Gasteiger partial charge in [-0.05, 0) is 54.4 Å². The Bertz CT molecular complexity index is 1520. The molecule has 3 heterocycles. The summed E-state index contributed by atoms with van der Waals surface area (Å²) >= 11 is 6.11. The van der Waals surface area contributed by atoms with E-state index in [0.717, 1.165) is 22.6 Å². The predicted molar refractivity (Wildman–Crippen MR) is 126 cm³/mol. The number of aryl methyl sites for hydroxylation is 1. The van der Waals surface area contributed by atoms with Gasteiger partial charge < -0.3 is 14.4 Å². The number of β-lactam (4-membered cyclic amide) rings is 1. The second-order valence-electron chi connectivity index (χ2n) is 8.61. The van der Waals surface area contributed by atoms with Gasteiger partial charge in [-0.2, -0.15) is 0 Å². The molecule has 0 radical (unpaired) electrons. The first-order valence-corrected chi connectivity index (χ1v) is 11.3. The van der Waals surface area contributed by atoms with E-state index in [1.54, 1.807) is 43.3 Å². The molecule has 2 atom stereocenters. The maximum Gasteiger partial charge on any atom is 0.270 e. The van der Waals surface area contributed by atoms with Crippen molar-refractivity contribution >= 4 is 40.7 Å². The number of carbonyl (C=O) groups is 3. The van der Waals surface area contributed by atoms with Gasteiger partial charge in [-0.15, -0.1) is 0 Å². The molecule has 0 unspecified atom stereocenters. The van der Waals surface area contributed by atoms with Crippen LogP contribution in [0.15, 0.2) is 54.6 Å². The highest BCUT2D eigenvalue weighted by atomic mass is 35.5. The monoisotopic (exact) mass is 505 g/mol. The standard InChI is InChI=1S/C25H16ClN3O7/c1-12-8-14(26)3-6-18(12)27-21(13-2-7-19-20(9-13)36-11-35-19)22(25(27)32)28-23(30)16-5-4-15(29(33)34)10-17(16)24(28)31/h2-10,21-22H,11H2,1H3/t21-,22+/m0/s1. The predicted octanol–water partition coefficient (Wildman–Crippen LogP) is 4.04. The van der Waals surface area contributed by atoms with Crippen LogP contribution in [0.1, 0.15) is 37.9 Å². The van der Waals surface area contributed by atoms with Crippen LogP contribution in [0.25, 0.3) is 0 Å². The van der Waals surface area contributed by atoms with Crippen LogP contribution >= 0.6 is 11.6 Å². The van der Waals surface area contributed by atoms with Gasteiger partial charge >= 0.3 is 0 Å². The van der Waals surface area contributed by atoms with Crippen molar-refractivity contribution in [3.63, 3.8) is 0 Å². The number of hydrogen-bond donors (Lipinski definition) is 0. The first-order valence-electron chi connectivity index (χ1n) is 10.9. The van der Waals surface area contributed by atoms with E-state index in [4.69, 9.17) is 21.1 Å². The molecule has 3 amide bonds. The lowest BCUT2D eigenvalue weighted by Crippen LogP contribution is -2.67. The van der Waals surface area contributed by atoms with Crippen LogP contribution in [0.5, 0.6) is 11.5 Å². The largest absolute Gasteiger partial charge is 0.454 e. The second kappa shape index (κ2) is 7.79. The fourth-order valence-corrected chi connectivity index (χ4v) is 5.15. The number of hydrogen-bond acceptors (Lipinski definition) is 7. The molecule has 0 saturated carbocycles. The molecule has 0 N–H and O–H groups in total. The van der Waals surface area contributed by atoms with Crippen LogP contribution in [0.2, 0.25) is 5.02 Å². The van der Waals surface area contributed by atoms with Crippen molar-refractivity contribution in [2.24, 2.45) is 0 Å². The highest BCUT2D eigenvalue weighted by molar-refractivity contribution is 6.31. The minimum atomic E-state index is -1.16. The van der Waals surface area contributed by atoms with E-state index in [1.807, 2.05) is 0 Å². The summed E-state index contributed by atoms with van der Waals surface area (Å²) in [5.74, 6) is -0.872. The number of nitro groups is 1. The number of halogens is 1. The maximum absolute atomic E-state index is 13.6. The zero-order valence-corrected chi connectivity index (χ0v) is 19.4. The fourth-order valence-electron chi connectivity index (χ4n) is 4.93. The molecule has 3 aliphatic rings. The molecule has 1 fully saturated rings. The molecule has 10 nitrogen and oxygen atoms in total. The SMILES string of the molecule is Cc1cc(Cl)ccc1N1C(=O)[C@H](N2C(=O)c3ccc([N+](=O)[O-])cc3C2=O)[C@@H]1c1ccc2c(c1)OCO2. The fraction of sp³-hybridized carbons (Fsp3) is 0.160. The van der Waals surface area contributed by atoms with Gasteiger partial charge in [0, 0.05) is 22.8 Å². The molecule has 0 spiro atoms. The van der Waals surface area contributed by atoms with Crippen molar-refractivity contribution in [1.29, 1.82) is 0 Å². The Morgan fingerprint density at radius 1 is 0.889 bits per heavy atom. The van der Waals surface area contributed by atoms with Crippen LogP contribution in [-0.4, -0.2) is 40.4 Å². The summed E-state index contributed by atoms with van der Waals surface area (Å²) < 4.78 is 10.9. The third kappa shape index (κ3) is 3.07. The van der Waals surface area contributed by atoms with Gasteiger partial charge in [0.25, 0.3) is 23.4 Å². The van der Waals surface area contributed by atoms with Gasteiger partial charge in [-0.1, -0.05) is 17.7 Å². The number of amides is 3. The van der Waals surface area contributed by atoms with E-state index in [1.165, 1.54) is 11.0 Å². The molecule has 11 heteroatoms. The lowest BCUT2D eigenvalue weighted by atomic mass is 9.85. The number of anilines is 1. The molecule has 0 bridgehead atoms. The topological polar surface area (TPSA) is 119 Å². The smallest absolute Gasteiger partial charge is 0.270 e. The Hall–Kier alpha value is -4.44. The number of nitrogens with zero attached hydrogens (tertiary/aromatic N) is 3. The van der Waals surface area contributed by atoms with Crippen LogP contribution < -0.4 is 14.4 Å². The molecule has 180 valence electrons. The number of fused-ring (bicyclic) bond motifs is 2. The zero-order valence-electron chi connectivity index (χ0n) is 18.6. The van der Waals surface area contributed by atoms with Crippen molar-refractivity contribution in [1.82, 2.24) is 4.90 Å². The number of benzene rings is 3. The van der Waals surface area contributed by atoms with Crippen molar-refractivity contribution < 1.29 is 28.8 Å². The summed E-state index contributed by atoms with van der Waals surface area (Å²) in [5, 5.41) is 11.7. The van der Waals surface area contributed by atoms with Gasteiger partial charge in [0.05, 0.1) is 22.1 Å². The third-order valence-electron chi connectivity index (χ3n) is 6.61. The van der Waals surface area contributed by atoms with Gasteiger partial charge in [-0.25, -0.2) is 0 Å². The number of rotatable bonds is 4. The van der Waals surface area contributed by atoms with Crippen molar-refractivity contribution in [3.05, 3.63) is 92.0 Å². The number of carbonyl (C=O) groups excluding carboxylic acids is 3. The van der Waals surface area contributed by atoms with Crippen LogP contribution in [0.4, 0.5) is 11.4 Å². The summed E-state index contributed by atoms with van der Waals surface area (Å²) in [6.45, 7) is 1.86. The Morgan fingerprint density at radius 3 is 2.39 bits per heavy atom. The number of ether oxygens (including phenoxy) is 2. The van der Waals surface area contributed by atoms with Gasteiger partial charge in [0.1, 0.15) is 6.04 Å². The minimum Gasteiger partial charge on any atom is -0.454 e. The molecule has 3 aromatic rings. The summed E-state index contributed by atoms with van der Waals surface area (Å²) in [6.07, 6.45) is 0. The molecule has 36 heavy (non-hydrogen) atoms. The summed E-state index contributed by atoms with van der Waals surface area (Å²) in [4.78, 5) is 53.2. The normalized spacial score (nSPS) is 20.0. The highest BCUT2D eigenvalue weighted by Gasteiger charge is 2.58. The lowest BCUT2D eigenvalue weighted by molar-refractivity contribution is -0.384. The molecule has 0 aliphatic carbocycles.